The van der Waals surface area contributed by atoms with Gasteiger partial charge in [-0.25, -0.2) is 9.97 Å². The topological polar surface area (TPSA) is 220 Å². The fraction of sp³-hybridized carbons (Fsp3) is 0.522. The number of aromatic nitrogens is 5. The summed E-state index contributed by atoms with van der Waals surface area (Å²) in [7, 11) is 0. The number of rotatable bonds is 10. The molecule has 0 radical (unpaired) electrons. The maximum absolute atomic E-state index is 13.5. The predicted molar refractivity (Wildman–Crippen MR) is 240 cm³/mol. The van der Waals surface area contributed by atoms with Crippen molar-refractivity contribution in [3.05, 3.63) is 70.5 Å². The van der Waals surface area contributed by atoms with Crippen LogP contribution in [0.25, 0.3) is 11.4 Å². The molecule has 2 aromatic heterocycles. The van der Waals surface area contributed by atoms with E-state index in [0.29, 0.717) is 127 Å². The number of ether oxygens (including phenoxy) is 2. The Hall–Kier alpha value is -6.18. The molecule has 1 spiro atoms. The number of carbonyl (C=O) groups is 3. The zero-order valence-electron chi connectivity index (χ0n) is 37.2. The number of phenolic OH excluding ortho intramolecular Hbond substituents is 2. The molecular weight excluding hydrogens is 833 g/mol. The number of nitrogens with two attached hydrogens (primary N) is 1. The van der Waals surface area contributed by atoms with Gasteiger partial charge in [0.1, 0.15) is 11.5 Å². The smallest absolute Gasteiger partial charge is 0.258 e. The van der Waals surface area contributed by atoms with E-state index in [0.717, 1.165) is 36.3 Å². The number of amides is 3. The van der Waals surface area contributed by atoms with Crippen LogP contribution >= 0.6 is 0 Å². The number of hydrogen-bond acceptors (Lipinski definition) is 16. The minimum Gasteiger partial charge on any atom is -0.508 e. The largest absolute Gasteiger partial charge is 0.508 e. The number of likely N-dealkylation sites (tertiary alicyclic amines) is 1. The van der Waals surface area contributed by atoms with E-state index in [-0.39, 0.29) is 59.5 Å². The molecule has 19 heteroatoms. The van der Waals surface area contributed by atoms with Gasteiger partial charge in [-0.1, -0.05) is 32.0 Å². The summed E-state index contributed by atoms with van der Waals surface area (Å²) in [4.78, 5) is 75.1. The number of carbonyl (C=O) groups excluding carboxylic acids is 3. The Morgan fingerprint density at radius 1 is 0.738 bits per heavy atom. The van der Waals surface area contributed by atoms with Crippen LogP contribution in [-0.4, -0.2) is 163 Å². The first-order valence-electron chi connectivity index (χ1n) is 22.7. The number of fused-ring (bicyclic) bond motifs is 1. The Morgan fingerprint density at radius 3 is 2.08 bits per heavy atom. The number of piperazine rings is 1. The molecule has 3 amide bonds. The summed E-state index contributed by atoms with van der Waals surface area (Å²) in [6, 6.07) is 9.15. The molecule has 344 valence electrons. The van der Waals surface area contributed by atoms with Crippen LogP contribution in [0.1, 0.15) is 78.1 Å². The van der Waals surface area contributed by atoms with Crippen LogP contribution < -0.4 is 15.5 Å². The Balaban J connectivity index is 0.731. The third-order valence-electron chi connectivity index (χ3n) is 13.4. The van der Waals surface area contributed by atoms with E-state index in [1.165, 1.54) is 6.07 Å². The van der Waals surface area contributed by atoms with Crippen molar-refractivity contribution in [1.29, 1.82) is 0 Å². The van der Waals surface area contributed by atoms with E-state index in [9.17, 15) is 24.6 Å². The molecule has 0 unspecified atom stereocenters. The number of anilines is 3. The summed E-state index contributed by atoms with van der Waals surface area (Å²) in [6.45, 7) is 13.4. The maximum Gasteiger partial charge on any atom is 0.258 e. The van der Waals surface area contributed by atoms with Gasteiger partial charge >= 0.3 is 0 Å². The fourth-order valence-corrected chi connectivity index (χ4v) is 9.50. The van der Waals surface area contributed by atoms with Crippen LogP contribution in [0.5, 0.6) is 11.5 Å². The van der Waals surface area contributed by atoms with Crippen molar-refractivity contribution >= 4 is 35.6 Å². The second-order valence-electron chi connectivity index (χ2n) is 18.0. The SMILES string of the molecule is CC(C)c1cc(C(=O)N2Cc3ccc(CN4CCN(C(=O)CCC(=O)N5CCC6(CC5)CN(c5nc(-c7cnc(N)nc7)nc(N7CCOCC7)n5)CCO6)CC4)cc3C2)c(O)cc1O. The average molecular weight is 891 g/mol. The van der Waals surface area contributed by atoms with Gasteiger partial charge in [-0.3, -0.25) is 19.3 Å². The highest BCUT2D eigenvalue weighted by molar-refractivity contribution is 5.97. The molecule has 0 saturated carbocycles. The molecule has 7 heterocycles. The summed E-state index contributed by atoms with van der Waals surface area (Å²) in [5.74, 6) is 1.22. The third-order valence-corrected chi connectivity index (χ3v) is 13.4. The quantitative estimate of drug-likeness (QED) is 0.208. The normalized spacial score (nSPS) is 19.0. The molecule has 5 aliphatic heterocycles. The summed E-state index contributed by atoms with van der Waals surface area (Å²) in [5, 5.41) is 20.8. The second-order valence-corrected chi connectivity index (χ2v) is 18.0. The van der Waals surface area contributed by atoms with Gasteiger partial charge in [0.2, 0.25) is 29.7 Å². The number of phenols is 2. The maximum atomic E-state index is 13.5. The molecule has 4 aromatic rings. The number of benzene rings is 2. The number of morpholine rings is 2. The van der Waals surface area contributed by atoms with E-state index >= 15 is 0 Å². The molecular formula is C46H58N12O7. The van der Waals surface area contributed by atoms with Gasteiger partial charge in [0.15, 0.2) is 5.82 Å². The van der Waals surface area contributed by atoms with Crippen molar-refractivity contribution in [3.8, 4) is 22.9 Å². The molecule has 0 bridgehead atoms. The highest BCUT2D eigenvalue weighted by atomic mass is 16.5. The van der Waals surface area contributed by atoms with Gasteiger partial charge in [0.05, 0.1) is 43.1 Å². The van der Waals surface area contributed by atoms with Crippen LogP contribution in [0, 0.1) is 0 Å². The lowest BCUT2D eigenvalue weighted by molar-refractivity contribution is -0.142. The summed E-state index contributed by atoms with van der Waals surface area (Å²) in [6.07, 6.45) is 4.90. The van der Waals surface area contributed by atoms with Crippen LogP contribution in [0.4, 0.5) is 17.8 Å². The molecule has 5 aliphatic rings. The minimum absolute atomic E-state index is 0.00101. The second kappa shape index (κ2) is 18.7. The van der Waals surface area contributed by atoms with E-state index in [4.69, 9.17) is 30.2 Å². The first-order chi connectivity index (χ1) is 31.4. The molecule has 2 aromatic carbocycles. The number of nitrogens with zero attached hydrogens (tertiary/aromatic N) is 11. The van der Waals surface area contributed by atoms with Crippen LogP contribution in [0.2, 0.25) is 0 Å². The molecule has 4 saturated heterocycles. The molecule has 0 atom stereocenters. The van der Waals surface area contributed by atoms with E-state index < -0.39 is 5.60 Å². The van der Waals surface area contributed by atoms with Gasteiger partial charge < -0.3 is 49.9 Å². The van der Waals surface area contributed by atoms with Crippen molar-refractivity contribution in [1.82, 2.24) is 44.5 Å². The fourth-order valence-electron chi connectivity index (χ4n) is 9.50. The van der Waals surface area contributed by atoms with Crippen LogP contribution in [0.3, 0.4) is 0 Å². The third kappa shape index (κ3) is 9.77. The molecule has 19 nitrogen and oxygen atoms in total. The summed E-state index contributed by atoms with van der Waals surface area (Å²) in [5.41, 5.74) is 10.0. The zero-order valence-corrected chi connectivity index (χ0v) is 37.2. The standard InChI is InChI=1S/C46H58N12O7/c1-30(2)35-22-36(38(60)23-37(35)59)42(63)58-27-32-4-3-31(21-33(32)28-58)26-53-11-13-55(14-12-53)40(62)6-5-39(61)54-9-7-46(8-10-54)29-57(17-20-65-46)45-51-41(34-24-48-43(47)49-25-34)50-44(52-45)56-15-18-64-19-16-56/h3-4,21-25,30,59-60H,5-20,26-29H2,1-2H3,(H2,47,48,49). The number of nitrogen functional groups attached to an aromatic ring is 1. The van der Waals surface area contributed by atoms with E-state index in [2.05, 4.69) is 42.9 Å². The van der Waals surface area contributed by atoms with Crippen LogP contribution in [-0.2, 0) is 38.7 Å². The molecule has 4 fully saturated rings. The Bertz CT molecular complexity index is 2400. The minimum atomic E-state index is -0.461. The number of hydrogen-bond donors (Lipinski definition) is 3. The van der Waals surface area contributed by atoms with Crippen molar-refractivity contribution in [3.63, 3.8) is 0 Å². The predicted octanol–water partition coefficient (Wildman–Crippen LogP) is 2.76. The first-order valence-corrected chi connectivity index (χ1v) is 22.7. The van der Waals surface area contributed by atoms with Crippen LogP contribution in [0.15, 0.2) is 42.7 Å². The highest BCUT2D eigenvalue weighted by Crippen LogP contribution is 2.36. The van der Waals surface area contributed by atoms with Crippen molar-refractivity contribution in [2.45, 2.75) is 70.7 Å². The zero-order chi connectivity index (χ0) is 45.2. The van der Waals surface area contributed by atoms with E-state index in [1.54, 1.807) is 23.4 Å². The lowest BCUT2D eigenvalue weighted by Crippen LogP contribution is -2.58. The van der Waals surface area contributed by atoms with Crippen molar-refractivity contribution in [2.75, 3.05) is 101 Å². The summed E-state index contributed by atoms with van der Waals surface area (Å²) < 4.78 is 12.0. The molecule has 65 heavy (non-hydrogen) atoms. The van der Waals surface area contributed by atoms with Gasteiger partial charge in [-0.05, 0) is 47.1 Å². The molecule has 9 rings (SSSR count). The highest BCUT2D eigenvalue weighted by Gasteiger charge is 2.42. The number of aromatic hydroxyl groups is 2. The van der Waals surface area contributed by atoms with Gasteiger partial charge in [-0.15, -0.1) is 0 Å². The van der Waals surface area contributed by atoms with Gasteiger partial charge in [0, 0.05) is 110 Å². The van der Waals surface area contributed by atoms with E-state index in [1.807, 2.05) is 23.6 Å². The lowest BCUT2D eigenvalue weighted by atomic mass is 9.89. The monoisotopic (exact) mass is 890 g/mol. The first kappa shape index (κ1) is 44.0. The van der Waals surface area contributed by atoms with Crippen molar-refractivity contribution < 1.29 is 34.1 Å². The Labute approximate surface area is 378 Å². The summed E-state index contributed by atoms with van der Waals surface area (Å²) >= 11 is 0. The molecule has 0 aliphatic carbocycles. The Kier molecular flexibility index (Phi) is 12.7. The lowest BCUT2D eigenvalue weighted by Gasteiger charge is -2.47. The number of piperidine rings is 1. The Morgan fingerprint density at radius 2 is 1.38 bits per heavy atom. The van der Waals surface area contributed by atoms with Gasteiger partial charge in [0.25, 0.3) is 5.91 Å². The van der Waals surface area contributed by atoms with Crippen molar-refractivity contribution in [2.24, 2.45) is 0 Å². The average Bonchev–Trinajstić information content (AvgIpc) is 3.75. The molecule has 4 N–H and O–H groups in total. The van der Waals surface area contributed by atoms with Gasteiger partial charge in [-0.2, -0.15) is 15.0 Å².